The summed E-state index contributed by atoms with van der Waals surface area (Å²) in [5, 5.41) is 2.29. The molecule has 0 saturated heterocycles. The van der Waals surface area contributed by atoms with Crippen molar-refractivity contribution in [3.63, 3.8) is 0 Å². The summed E-state index contributed by atoms with van der Waals surface area (Å²) in [6, 6.07) is 64.7. The Bertz CT molecular complexity index is 3400. The molecule has 5 aliphatic carbocycles. The molecule has 15 rings (SSSR count). The van der Waals surface area contributed by atoms with E-state index in [-0.39, 0.29) is 5.41 Å². The summed E-state index contributed by atoms with van der Waals surface area (Å²) in [6.45, 7) is 0. The molecule has 2 heterocycles. The third-order valence-electron chi connectivity index (χ3n) is 16.4. The van der Waals surface area contributed by atoms with Gasteiger partial charge in [-0.3, -0.25) is 0 Å². The topological polar surface area (TPSA) is 38.7 Å². The summed E-state index contributed by atoms with van der Waals surface area (Å²) in [5.74, 6) is 5.34. The molecule has 3 nitrogen and oxygen atoms in total. The Morgan fingerprint density at radius 1 is 0.400 bits per heavy atom. The Kier molecular flexibility index (Phi) is 8.09. The maximum atomic E-state index is 5.30. The molecule has 0 amide bonds. The van der Waals surface area contributed by atoms with E-state index in [1.165, 1.54) is 86.9 Å². The van der Waals surface area contributed by atoms with E-state index in [1.807, 2.05) is 6.07 Å². The van der Waals surface area contributed by atoms with Gasteiger partial charge in [0.05, 0.1) is 0 Å². The van der Waals surface area contributed by atoms with Gasteiger partial charge in [-0.2, -0.15) is 10.0 Å². The zero-order valence-electron chi connectivity index (χ0n) is 36.8. The van der Waals surface area contributed by atoms with Crippen LogP contribution >= 0.6 is 10.0 Å². The molecule has 8 aromatic carbocycles. The molecule has 4 fully saturated rings. The van der Waals surface area contributed by atoms with Crippen molar-refractivity contribution in [3.05, 3.63) is 187 Å². The molecule has 0 atom stereocenters. The predicted octanol–water partition coefficient (Wildman–Crippen LogP) is 15.5. The van der Waals surface area contributed by atoms with E-state index < -0.39 is 10.0 Å². The van der Waals surface area contributed by atoms with Crippen LogP contribution in [0.2, 0.25) is 0 Å². The highest BCUT2D eigenvalue weighted by Gasteiger charge is 2.63. The minimum absolute atomic E-state index is 0.145. The fraction of sp³-hybridized carbons (Fsp3) is 0.197. The fourth-order valence-corrected chi connectivity index (χ4v) is 16.8. The van der Waals surface area contributed by atoms with E-state index in [1.54, 1.807) is 16.0 Å². The van der Waals surface area contributed by atoms with Crippen LogP contribution in [0.15, 0.2) is 186 Å². The number of nitrogens with zero attached hydrogens (tertiary/aromatic N) is 3. The zero-order valence-corrected chi connectivity index (χ0v) is 37.7. The molecule has 1 aromatic heterocycles. The molecule has 1 spiro atoms. The molecule has 4 bridgehead atoms. The van der Waals surface area contributed by atoms with Crippen LogP contribution in [-0.2, 0) is 5.41 Å². The van der Waals surface area contributed by atoms with Gasteiger partial charge < -0.3 is 0 Å². The van der Waals surface area contributed by atoms with Gasteiger partial charge in [-0.25, -0.2) is 15.0 Å². The summed E-state index contributed by atoms with van der Waals surface area (Å²) in [7, 11) is -1.35. The van der Waals surface area contributed by atoms with Crippen LogP contribution in [0, 0.1) is 23.7 Å². The molecule has 0 radical (unpaired) electrons. The second-order valence-corrected chi connectivity index (χ2v) is 23.4. The van der Waals surface area contributed by atoms with E-state index in [2.05, 4.69) is 182 Å². The first-order chi connectivity index (χ1) is 31.9. The number of aromatic nitrogens is 3. The van der Waals surface area contributed by atoms with Gasteiger partial charge >= 0.3 is 0 Å². The molecule has 65 heavy (non-hydrogen) atoms. The van der Waals surface area contributed by atoms with Gasteiger partial charge in [0, 0.05) is 31.9 Å². The van der Waals surface area contributed by atoms with Crippen molar-refractivity contribution in [1.82, 2.24) is 15.0 Å². The lowest BCUT2D eigenvalue weighted by molar-refractivity contribution is -0.0409. The highest BCUT2D eigenvalue weighted by Crippen LogP contribution is 2.76. The monoisotopic (exact) mass is 855 g/mol. The Labute approximate surface area is 383 Å². The molecule has 6 aliphatic rings. The van der Waals surface area contributed by atoms with Crippen molar-refractivity contribution < 1.29 is 0 Å². The van der Waals surface area contributed by atoms with Gasteiger partial charge in [0.2, 0.25) is 0 Å². The SMILES string of the molecule is CS1(C)c2cc(-c3cccc(-c4nc(-c5ccccc5)nc(-c5ccc(-c6ccccc6)c6ccccc56)n4)c3)ccc2-c2ccc3c(c21)C1(c2ccccc2-3)C2CC3CC(C2)CC1C3. The fourth-order valence-electron chi connectivity index (χ4n) is 13.9. The van der Waals surface area contributed by atoms with Crippen LogP contribution in [0.25, 0.3) is 89.4 Å². The third-order valence-corrected chi connectivity index (χ3v) is 19.2. The van der Waals surface area contributed by atoms with Crippen LogP contribution in [0.4, 0.5) is 0 Å². The van der Waals surface area contributed by atoms with Crippen LogP contribution in [0.3, 0.4) is 0 Å². The summed E-state index contributed by atoms with van der Waals surface area (Å²) in [6.07, 6.45) is 12.3. The van der Waals surface area contributed by atoms with Crippen molar-refractivity contribution in [3.8, 4) is 78.7 Å². The van der Waals surface area contributed by atoms with Crippen molar-refractivity contribution in [2.24, 2.45) is 23.7 Å². The van der Waals surface area contributed by atoms with Crippen LogP contribution in [0.1, 0.15) is 43.2 Å². The summed E-state index contributed by atoms with van der Waals surface area (Å²) in [4.78, 5) is 18.9. The maximum Gasteiger partial charge on any atom is 0.164 e. The van der Waals surface area contributed by atoms with E-state index >= 15 is 0 Å². The lowest BCUT2D eigenvalue weighted by Crippen LogP contribution is -2.55. The molecule has 4 saturated carbocycles. The number of fused-ring (bicyclic) bond motifs is 8. The van der Waals surface area contributed by atoms with Gasteiger partial charge in [-0.1, -0.05) is 158 Å². The molecule has 0 N–H and O–H groups in total. The van der Waals surface area contributed by atoms with Crippen molar-refractivity contribution in [1.29, 1.82) is 0 Å². The molecule has 9 aromatic rings. The van der Waals surface area contributed by atoms with Crippen molar-refractivity contribution in [2.45, 2.75) is 47.3 Å². The zero-order chi connectivity index (χ0) is 43.0. The van der Waals surface area contributed by atoms with Crippen molar-refractivity contribution >= 4 is 20.8 Å². The largest absolute Gasteiger partial charge is 0.208 e. The lowest BCUT2D eigenvalue weighted by Gasteiger charge is -2.61. The minimum atomic E-state index is -1.35. The quantitative estimate of drug-likeness (QED) is 0.173. The van der Waals surface area contributed by atoms with Crippen LogP contribution < -0.4 is 0 Å². The predicted molar refractivity (Wildman–Crippen MR) is 269 cm³/mol. The van der Waals surface area contributed by atoms with E-state index in [9.17, 15) is 0 Å². The number of benzene rings is 8. The second kappa shape index (κ2) is 13.9. The molecule has 4 heteroatoms. The standard InChI is InChI=1S/C61H49N3S/c1-65(2)55-36-42(24-25-50(55)52-28-27-51-49-22-11-12-23-54(49)61(56(51)57(52)65)44-31-37-30-38(33-44)34-45(61)32-37)41-18-13-19-43(35-41)59-62-58(40-16-7-4-8-17-40)63-60(64-59)53-29-26-46(39-14-5-3-6-15-39)47-20-9-10-21-48(47)53/h3-29,35-38,44-45H,30-34H2,1-2H3. The van der Waals surface area contributed by atoms with E-state index in [0.29, 0.717) is 17.5 Å². The first kappa shape index (κ1) is 37.7. The molecule has 314 valence electrons. The molecule has 0 unspecified atom stereocenters. The highest BCUT2D eigenvalue weighted by molar-refractivity contribution is 8.33. The van der Waals surface area contributed by atoms with Crippen LogP contribution in [0.5, 0.6) is 0 Å². The Hall–Kier alpha value is -6.62. The average molecular weight is 856 g/mol. The van der Waals surface area contributed by atoms with Crippen molar-refractivity contribution in [2.75, 3.05) is 12.5 Å². The number of hydrogen-bond acceptors (Lipinski definition) is 3. The molecular weight excluding hydrogens is 807 g/mol. The summed E-state index contributed by atoms with van der Waals surface area (Å²) in [5.41, 5.74) is 17.2. The van der Waals surface area contributed by atoms with Gasteiger partial charge in [-0.05, 0) is 153 Å². The second-order valence-electron chi connectivity index (χ2n) is 19.9. The lowest BCUT2D eigenvalue weighted by atomic mass is 9.43. The normalized spacial score (nSPS) is 23.0. The smallest absolute Gasteiger partial charge is 0.164 e. The molecule has 1 aliphatic heterocycles. The Morgan fingerprint density at radius 2 is 0.938 bits per heavy atom. The highest BCUT2D eigenvalue weighted by atomic mass is 32.3. The van der Waals surface area contributed by atoms with Gasteiger partial charge in [0.1, 0.15) is 0 Å². The Balaban J connectivity index is 0.883. The minimum Gasteiger partial charge on any atom is -0.208 e. The first-order valence-corrected chi connectivity index (χ1v) is 26.0. The summed E-state index contributed by atoms with van der Waals surface area (Å²) < 4.78 is 0. The number of rotatable bonds is 5. The van der Waals surface area contributed by atoms with Gasteiger partial charge in [-0.15, -0.1) is 0 Å². The third kappa shape index (κ3) is 5.41. The molecular formula is C61H49N3S. The Morgan fingerprint density at radius 3 is 1.69 bits per heavy atom. The van der Waals surface area contributed by atoms with Gasteiger partial charge in [0.15, 0.2) is 17.5 Å². The van der Waals surface area contributed by atoms with Gasteiger partial charge in [0.25, 0.3) is 0 Å². The maximum absolute atomic E-state index is 5.30. The van der Waals surface area contributed by atoms with E-state index in [4.69, 9.17) is 15.0 Å². The average Bonchev–Trinajstić information content (AvgIpc) is 3.78. The first-order valence-electron chi connectivity index (χ1n) is 23.6. The number of hydrogen-bond donors (Lipinski definition) is 0. The van der Waals surface area contributed by atoms with Crippen LogP contribution in [-0.4, -0.2) is 27.5 Å². The van der Waals surface area contributed by atoms with E-state index in [0.717, 1.165) is 45.7 Å². The summed E-state index contributed by atoms with van der Waals surface area (Å²) >= 11 is 0.